The molecule has 3 rings (SSSR count). The Morgan fingerprint density at radius 2 is 1.76 bits per heavy atom. The fourth-order valence-electron chi connectivity index (χ4n) is 1.98. The number of ether oxygens (including phenoxy) is 3. The van der Waals surface area contributed by atoms with Crippen LogP contribution in [0.3, 0.4) is 0 Å². The van der Waals surface area contributed by atoms with E-state index >= 15 is 0 Å². The highest BCUT2D eigenvalue weighted by molar-refractivity contribution is 5.88. The van der Waals surface area contributed by atoms with E-state index < -0.39 is 0 Å². The van der Waals surface area contributed by atoms with Crippen molar-refractivity contribution in [3.63, 3.8) is 0 Å². The normalized spacial score (nSPS) is 16.5. The summed E-state index contributed by atoms with van der Waals surface area (Å²) in [6.07, 6.45) is -0.228. The van der Waals surface area contributed by atoms with Crippen LogP contribution in [0.5, 0.6) is 5.75 Å². The quantitative estimate of drug-likeness (QED) is 0.811. The van der Waals surface area contributed by atoms with Gasteiger partial charge in [0.2, 0.25) is 0 Å². The van der Waals surface area contributed by atoms with Crippen molar-refractivity contribution < 1.29 is 14.2 Å². The molecule has 0 aromatic heterocycles. The van der Waals surface area contributed by atoms with Gasteiger partial charge in [0.1, 0.15) is 12.4 Å². The zero-order chi connectivity index (χ0) is 11.5. The maximum Gasteiger partial charge on any atom is 0.191 e. The van der Waals surface area contributed by atoms with Crippen LogP contribution < -0.4 is 4.74 Å². The highest BCUT2D eigenvalue weighted by atomic mass is 16.7. The van der Waals surface area contributed by atoms with Gasteiger partial charge < -0.3 is 14.2 Å². The van der Waals surface area contributed by atoms with E-state index in [4.69, 9.17) is 14.2 Å². The third-order valence-corrected chi connectivity index (χ3v) is 2.82. The number of rotatable bonds is 3. The summed E-state index contributed by atoms with van der Waals surface area (Å²) in [5.41, 5.74) is 0. The van der Waals surface area contributed by atoms with Crippen molar-refractivity contribution in [3.8, 4) is 5.75 Å². The zero-order valence-corrected chi connectivity index (χ0v) is 9.46. The molecule has 17 heavy (non-hydrogen) atoms. The van der Waals surface area contributed by atoms with Crippen LogP contribution in [0.15, 0.2) is 42.5 Å². The highest BCUT2D eigenvalue weighted by Gasteiger charge is 2.16. The summed E-state index contributed by atoms with van der Waals surface area (Å²) in [5.74, 6) is 0.877. The molecular weight excluding hydrogens is 216 g/mol. The van der Waals surface area contributed by atoms with E-state index in [1.807, 2.05) is 24.3 Å². The van der Waals surface area contributed by atoms with Crippen LogP contribution in [0.25, 0.3) is 10.8 Å². The minimum absolute atomic E-state index is 0.228. The van der Waals surface area contributed by atoms with Crippen LogP contribution >= 0.6 is 0 Å². The van der Waals surface area contributed by atoms with Gasteiger partial charge in [-0.15, -0.1) is 0 Å². The number of hydrogen-bond acceptors (Lipinski definition) is 3. The molecular formula is C14H14O3. The standard InChI is InChI=1S/C14H14O3/c1-2-6-12-11(4-1)5-3-7-13(12)17-10-14-15-8-9-16-14/h1-7,14H,8-10H2. The molecule has 2 aromatic carbocycles. The van der Waals surface area contributed by atoms with Crippen LogP contribution in [0.2, 0.25) is 0 Å². The molecule has 0 N–H and O–H groups in total. The summed E-state index contributed by atoms with van der Waals surface area (Å²) in [4.78, 5) is 0. The third-order valence-electron chi connectivity index (χ3n) is 2.82. The fourth-order valence-corrected chi connectivity index (χ4v) is 1.98. The van der Waals surface area contributed by atoms with E-state index in [9.17, 15) is 0 Å². The molecule has 88 valence electrons. The Balaban J connectivity index is 1.79. The van der Waals surface area contributed by atoms with Crippen LogP contribution in [0, 0.1) is 0 Å². The third kappa shape index (κ3) is 2.25. The minimum Gasteiger partial charge on any atom is -0.488 e. The first-order chi connectivity index (χ1) is 8.43. The lowest BCUT2D eigenvalue weighted by atomic mass is 10.1. The Morgan fingerprint density at radius 1 is 1.00 bits per heavy atom. The van der Waals surface area contributed by atoms with Crippen molar-refractivity contribution in [1.29, 1.82) is 0 Å². The van der Waals surface area contributed by atoms with Gasteiger partial charge in [-0.1, -0.05) is 36.4 Å². The molecule has 1 heterocycles. The van der Waals surface area contributed by atoms with Gasteiger partial charge in [-0.2, -0.15) is 0 Å². The predicted octanol–water partition coefficient (Wildman–Crippen LogP) is 2.59. The molecule has 0 radical (unpaired) electrons. The molecule has 1 aliphatic rings. The molecule has 3 heteroatoms. The molecule has 1 aliphatic heterocycles. The van der Waals surface area contributed by atoms with Gasteiger partial charge in [0.15, 0.2) is 6.29 Å². The summed E-state index contributed by atoms with van der Waals surface area (Å²) in [6, 6.07) is 14.2. The SMILES string of the molecule is c1ccc2c(OCC3OCCO3)cccc2c1. The maximum atomic E-state index is 5.75. The van der Waals surface area contributed by atoms with Crippen molar-refractivity contribution in [1.82, 2.24) is 0 Å². The fraction of sp³-hybridized carbons (Fsp3) is 0.286. The maximum absolute atomic E-state index is 5.75. The largest absolute Gasteiger partial charge is 0.488 e. The Kier molecular flexibility index (Phi) is 2.94. The number of hydrogen-bond donors (Lipinski definition) is 0. The summed E-state index contributed by atoms with van der Waals surface area (Å²) >= 11 is 0. The van der Waals surface area contributed by atoms with Gasteiger partial charge in [-0.3, -0.25) is 0 Å². The molecule has 1 fully saturated rings. The lowest BCUT2D eigenvalue weighted by Gasteiger charge is -2.12. The molecule has 1 saturated heterocycles. The molecule has 3 nitrogen and oxygen atoms in total. The van der Waals surface area contributed by atoms with E-state index in [0.29, 0.717) is 19.8 Å². The zero-order valence-electron chi connectivity index (χ0n) is 9.46. The van der Waals surface area contributed by atoms with Crippen molar-refractivity contribution >= 4 is 10.8 Å². The number of fused-ring (bicyclic) bond motifs is 1. The van der Waals surface area contributed by atoms with Gasteiger partial charge in [0.25, 0.3) is 0 Å². The molecule has 0 atom stereocenters. The van der Waals surface area contributed by atoms with Gasteiger partial charge in [0.05, 0.1) is 13.2 Å². The summed E-state index contributed by atoms with van der Waals surface area (Å²) in [6.45, 7) is 1.75. The average Bonchev–Trinajstić information content (AvgIpc) is 2.89. The molecule has 0 unspecified atom stereocenters. The minimum atomic E-state index is -0.228. The van der Waals surface area contributed by atoms with Crippen molar-refractivity contribution in [2.24, 2.45) is 0 Å². The Bertz CT molecular complexity index is 498. The van der Waals surface area contributed by atoms with E-state index in [-0.39, 0.29) is 6.29 Å². The summed E-state index contributed by atoms with van der Waals surface area (Å²) in [7, 11) is 0. The Labute approximate surface area is 99.9 Å². The van der Waals surface area contributed by atoms with Crippen LogP contribution in [0.1, 0.15) is 0 Å². The first-order valence-corrected chi connectivity index (χ1v) is 5.77. The molecule has 2 aromatic rings. The monoisotopic (exact) mass is 230 g/mol. The van der Waals surface area contributed by atoms with E-state index in [2.05, 4.69) is 18.2 Å². The molecule has 0 saturated carbocycles. The van der Waals surface area contributed by atoms with Crippen LogP contribution in [-0.2, 0) is 9.47 Å². The first-order valence-electron chi connectivity index (χ1n) is 5.77. The first kappa shape index (κ1) is 10.6. The topological polar surface area (TPSA) is 27.7 Å². The molecule has 0 bridgehead atoms. The van der Waals surface area contributed by atoms with Gasteiger partial charge in [0, 0.05) is 5.39 Å². The van der Waals surface area contributed by atoms with Crippen molar-refractivity contribution in [2.45, 2.75) is 6.29 Å². The molecule has 0 aliphatic carbocycles. The van der Waals surface area contributed by atoms with Crippen LogP contribution in [-0.4, -0.2) is 26.1 Å². The molecule has 0 spiro atoms. The lowest BCUT2D eigenvalue weighted by molar-refractivity contribution is -0.0681. The Morgan fingerprint density at radius 3 is 2.65 bits per heavy atom. The second kappa shape index (κ2) is 4.73. The van der Waals surface area contributed by atoms with Crippen molar-refractivity contribution in [2.75, 3.05) is 19.8 Å². The lowest BCUT2D eigenvalue weighted by Crippen LogP contribution is -2.18. The summed E-state index contributed by atoms with van der Waals surface area (Å²) < 4.78 is 16.4. The van der Waals surface area contributed by atoms with Gasteiger partial charge >= 0.3 is 0 Å². The Hall–Kier alpha value is -1.58. The highest BCUT2D eigenvalue weighted by Crippen LogP contribution is 2.25. The predicted molar refractivity (Wildman–Crippen MR) is 65.1 cm³/mol. The average molecular weight is 230 g/mol. The second-order valence-corrected chi connectivity index (χ2v) is 3.96. The van der Waals surface area contributed by atoms with Crippen molar-refractivity contribution in [3.05, 3.63) is 42.5 Å². The van der Waals surface area contributed by atoms with E-state index in [1.54, 1.807) is 0 Å². The smallest absolute Gasteiger partial charge is 0.191 e. The van der Waals surface area contributed by atoms with Crippen LogP contribution in [0.4, 0.5) is 0 Å². The van der Waals surface area contributed by atoms with Gasteiger partial charge in [-0.25, -0.2) is 0 Å². The summed E-state index contributed by atoms with van der Waals surface area (Å²) in [5, 5.41) is 2.30. The van der Waals surface area contributed by atoms with E-state index in [0.717, 1.165) is 11.1 Å². The number of benzene rings is 2. The molecule has 0 amide bonds. The van der Waals surface area contributed by atoms with Gasteiger partial charge in [-0.05, 0) is 11.5 Å². The second-order valence-electron chi connectivity index (χ2n) is 3.96. The van der Waals surface area contributed by atoms with E-state index in [1.165, 1.54) is 5.39 Å².